The van der Waals surface area contributed by atoms with Gasteiger partial charge in [-0.25, -0.2) is 9.59 Å². The number of carboxylic acid groups (broad SMARTS) is 2. The fourth-order valence-electron chi connectivity index (χ4n) is 4.68. The monoisotopic (exact) mass is 566 g/mol. The highest BCUT2D eigenvalue weighted by molar-refractivity contribution is 6.35. The molecule has 1 amide bonds. The van der Waals surface area contributed by atoms with Crippen molar-refractivity contribution in [2.45, 2.75) is 37.9 Å². The van der Waals surface area contributed by atoms with Crippen LogP contribution in [0.2, 0.25) is 5.02 Å². The fraction of sp³-hybridized carbons (Fsp3) is 0.538. The number of ether oxygens (including phenoxy) is 1. The number of rotatable bonds is 8. The first-order chi connectivity index (χ1) is 18.6. The molecule has 2 aliphatic rings. The number of benzene rings is 1. The van der Waals surface area contributed by atoms with E-state index in [0.717, 1.165) is 45.1 Å². The normalized spacial score (nSPS) is 18.5. The van der Waals surface area contributed by atoms with Crippen molar-refractivity contribution in [3.8, 4) is 0 Å². The van der Waals surface area contributed by atoms with E-state index in [0.29, 0.717) is 39.6 Å². The standard InChI is InChI=1S/C22H29ClN4O2.C4H6O6/c23-19-12-18(21-17(20(19)24)2-1-7-25-21)22(28)26-13-15-3-8-27(9-4-15)14-16-5-10-29-11-6-16;5-1(3(7)8)2(6)4(9)10/h1-2,7,12,15-16H,3-6,8-11,13-14,24H2,(H,26,28);1-2,5-6H,(H,7,8)(H,9,10)/t;1-,2-/m.1/s1. The lowest BCUT2D eigenvalue weighted by molar-refractivity contribution is -0.165. The lowest BCUT2D eigenvalue weighted by Crippen LogP contribution is -2.41. The molecule has 13 heteroatoms. The van der Waals surface area contributed by atoms with Gasteiger partial charge in [0.1, 0.15) is 0 Å². The summed E-state index contributed by atoms with van der Waals surface area (Å²) in [6.07, 6.45) is 1.73. The van der Waals surface area contributed by atoms with Crippen molar-refractivity contribution < 1.29 is 39.5 Å². The molecule has 2 aliphatic heterocycles. The van der Waals surface area contributed by atoms with Gasteiger partial charge in [-0.3, -0.25) is 9.78 Å². The Morgan fingerprint density at radius 2 is 1.69 bits per heavy atom. The van der Waals surface area contributed by atoms with Crippen LogP contribution in [0.5, 0.6) is 0 Å². The first-order valence-corrected chi connectivity index (χ1v) is 13.2. The molecule has 0 saturated carbocycles. The minimum atomic E-state index is -2.27. The smallest absolute Gasteiger partial charge is 0.335 e. The van der Waals surface area contributed by atoms with E-state index in [2.05, 4.69) is 15.2 Å². The second kappa shape index (κ2) is 14.4. The van der Waals surface area contributed by atoms with E-state index in [-0.39, 0.29) is 5.91 Å². The number of carboxylic acids is 2. The van der Waals surface area contributed by atoms with Crippen LogP contribution < -0.4 is 11.1 Å². The second-order valence-electron chi connectivity index (χ2n) is 9.80. The largest absolute Gasteiger partial charge is 0.479 e. The number of aliphatic hydroxyl groups excluding tert-OH is 2. The second-order valence-corrected chi connectivity index (χ2v) is 10.2. The highest BCUT2D eigenvalue weighted by Crippen LogP contribution is 2.30. The van der Waals surface area contributed by atoms with Gasteiger partial charge in [0.25, 0.3) is 5.91 Å². The van der Waals surface area contributed by atoms with Gasteiger partial charge in [-0.2, -0.15) is 0 Å². The highest BCUT2D eigenvalue weighted by atomic mass is 35.5. The molecule has 214 valence electrons. The number of anilines is 1. The maximum atomic E-state index is 12.8. The summed E-state index contributed by atoms with van der Waals surface area (Å²) in [4.78, 5) is 39.3. The summed E-state index contributed by atoms with van der Waals surface area (Å²) >= 11 is 6.24. The van der Waals surface area contributed by atoms with E-state index in [1.165, 1.54) is 19.4 Å². The lowest BCUT2D eigenvalue weighted by atomic mass is 9.94. The Bertz CT molecular complexity index is 1130. The number of hydrogen-bond donors (Lipinski definition) is 6. The molecule has 2 aromatic rings. The number of amides is 1. The van der Waals surface area contributed by atoms with Gasteiger partial charge in [0, 0.05) is 37.9 Å². The van der Waals surface area contributed by atoms with Gasteiger partial charge >= 0.3 is 11.9 Å². The van der Waals surface area contributed by atoms with Gasteiger partial charge in [0.2, 0.25) is 0 Å². The van der Waals surface area contributed by atoms with Crippen molar-refractivity contribution >= 4 is 46.0 Å². The zero-order chi connectivity index (χ0) is 28.5. The molecule has 3 heterocycles. The number of hydrogen-bond acceptors (Lipinski definition) is 9. The predicted molar refractivity (Wildman–Crippen MR) is 143 cm³/mol. The van der Waals surface area contributed by atoms with E-state index in [1.54, 1.807) is 18.3 Å². The average molecular weight is 567 g/mol. The zero-order valence-corrected chi connectivity index (χ0v) is 22.2. The molecule has 0 bridgehead atoms. The van der Waals surface area contributed by atoms with Crippen molar-refractivity contribution in [1.82, 2.24) is 15.2 Å². The Balaban J connectivity index is 0.000000360. The zero-order valence-electron chi connectivity index (χ0n) is 21.5. The van der Waals surface area contributed by atoms with Gasteiger partial charge in [-0.15, -0.1) is 0 Å². The maximum absolute atomic E-state index is 12.8. The molecule has 0 aliphatic carbocycles. The van der Waals surface area contributed by atoms with E-state index in [1.807, 2.05) is 6.07 Å². The Morgan fingerprint density at radius 3 is 2.28 bits per heavy atom. The van der Waals surface area contributed by atoms with Crippen LogP contribution in [0, 0.1) is 11.8 Å². The summed E-state index contributed by atoms with van der Waals surface area (Å²) < 4.78 is 5.46. The van der Waals surface area contributed by atoms with Crippen LogP contribution in [0.25, 0.3) is 10.9 Å². The molecular formula is C26H35ClN4O8. The molecule has 0 spiro atoms. The number of aliphatic carboxylic acids is 2. The topological polar surface area (TPSA) is 196 Å². The Kier molecular flexibility index (Phi) is 11.3. The Hall–Kier alpha value is -3.03. The number of piperidine rings is 1. The van der Waals surface area contributed by atoms with Crippen molar-refractivity contribution in [2.24, 2.45) is 11.8 Å². The van der Waals surface area contributed by atoms with Gasteiger partial charge in [-0.05, 0) is 68.8 Å². The van der Waals surface area contributed by atoms with Crippen LogP contribution >= 0.6 is 11.6 Å². The third-order valence-corrected chi connectivity index (χ3v) is 7.36. The van der Waals surface area contributed by atoms with E-state index in [9.17, 15) is 14.4 Å². The number of pyridine rings is 1. The lowest BCUT2D eigenvalue weighted by Gasteiger charge is -2.35. The summed E-state index contributed by atoms with van der Waals surface area (Å²) in [5, 5.41) is 36.7. The van der Waals surface area contributed by atoms with Crippen molar-refractivity contribution in [3.63, 3.8) is 0 Å². The Morgan fingerprint density at radius 1 is 1.08 bits per heavy atom. The molecule has 2 fully saturated rings. The molecule has 4 rings (SSSR count). The third-order valence-electron chi connectivity index (χ3n) is 7.05. The Labute approximate surface area is 230 Å². The molecule has 1 aromatic carbocycles. The summed E-state index contributed by atoms with van der Waals surface area (Å²) in [5.74, 6) is -2.39. The molecule has 0 unspecified atom stereocenters. The van der Waals surface area contributed by atoms with Gasteiger partial charge in [-0.1, -0.05) is 11.6 Å². The number of carbonyl (C=O) groups excluding carboxylic acids is 1. The van der Waals surface area contributed by atoms with Gasteiger partial charge < -0.3 is 41.1 Å². The number of nitrogens with zero attached hydrogens (tertiary/aromatic N) is 2. The summed E-state index contributed by atoms with van der Waals surface area (Å²) in [6, 6.07) is 5.26. The first-order valence-electron chi connectivity index (χ1n) is 12.8. The summed E-state index contributed by atoms with van der Waals surface area (Å²) in [7, 11) is 0. The number of fused-ring (bicyclic) bond motifs is 1. The molecule has 7 N–H and O–H groups in total. The number of nitrogens with one attached hydrogen (secondary N) is 1. The fourth-order valence-corrected chi connectivity index (χ4v) is 4.89. The molecular weight excluding hydrogens is 532 g/mol. The predicted octanol–water partition coefficient (Wildman–Crippen LogP) is 1.22. The molecule has 12 nitrogen and oxygen atoms in total. The quantitative estimate of drug-likeness (QED) is 0.251. The van der Waals surface area contributed by atoms with Crippen LogP contribution in [0.3, 0.4) is 0 Å². The SMILES string of the molecule is Nc1c(Cl)cc(C(=O)NCC2CCN(CC3CCOCC3)CC2)c2ncccc12.O=C(O)[C@H](O)[C@@H](O)C(=O)O. The average Bonchev–Trinajstić information content (AvgIpc) is 2.94. The number of aliphatic hydroxyl groups is 2. The number of halogens is 1. The van der Waals surface area contributed by atoms with Crippen LogP contribution in [0.4, 0.5) is 5.69 Å². The number of carbonyl (C=O) groups is 3. The van der Waals surface area contributed by atoms with Crippen LogP contribution in [0.15, 0.2) is 24.4 Å². The van der Waals surface area contributed by atoms with Crippen molar-refractivity contribution in [3.05, 3.63) is 35.0 Å². The van der Waals surface area contributed by atoms with Crippen LogP contribution in [-0.2, 0) is 14.3 Å². The van der Waals surface area contributed by atoms with E-state index >= 15 is 0 Å². The summed E-state index contributed by atoms with van der Waals surface area (Å²) in [6.45, 7) is 5.90. The first kappa shape index (κ1) is 30.5. The number of nitrogen functional groups attached to an aromatic ring is 1. The van der Waals surface area contributed by atoms with Crippen molar-refractivity contribution in [2.75, 3.05) is 45.1 Å². The van der Waals surface area contributed by atoms with Crippen LogP contribution in [0.1, 0.15) is 36.0 Å². The number of likely N-dealkylation sites (tertiary alicyclic amines) is 1. The molecule has 0 radical (unpaired) electrons. The molecule has 39 heavy (non-hydrogen) atoms. The maximum Gasteiger partial charge on any atom is 0.335 e. The summed E-state index contributed by atoms with van der Waals surface area (Å²) in [5.41, 5.74) is 7.58. The van der Waals surface area contributed by atoms with Crippen LogP contribution in [-0.4, -0.2) is 99.8 Å². The molecule has 1 aromatic heterocycles. The van der Waals surface area contributed by atoms with Gasteiger partial charge in [0.15, 0.2) is 12.2 Å². The third kappa shape index (κ3) is 8.48. The van der Waals surface area contributed by atoms with E-state index < -0.39 is 24.1 Å². The van der Waals surface area contributed by atoms with Crippen molar-refractivity contribution in [1.29, 1.82) is 0 Å². The number of nitrogens with two attached hydrogens (primary N) is 1. The van der Waals surface area contributed by atoms with E-state index in [4.69, 9.17) is 42.5 Å². The molecule has 2 saturated heterocycles. The van der Waals surface area contributed by atoms with Gasteiger partial charge in [0.05, 0.1) is 21.8 Å². The minimum absolute atomic E-state index is 0.139. The number of aromatic nitrogens is 1. The molecule has 2 atom stereocenters. The minimum Gasteiger partial charge on any atom is -0.479 e. The highest BCUT2D eigenvalue weighted by Gasteiger charge is 2.29.